The lowest BCUT2D eigenvalue weighted by Crippen LogP contribution is -2.50. The first-order valence-electron chi connectivity index (χ1n) is 10.9. The van der Waals surface area contributed by atoms with Gasteiger partial charge in [0, 0.05) is 25.2 Å². The van der Waals surface area contributed by atoms with Crippen molar-refractivity contribution in [2.75, 3.05) is 20.1 Å². The van der Waals surface area contributed by atoms with E-state index in [1.807, 2.05) is 13.8 Å². The van der Waals surface area contributed by atoms with Crippen LogP contribution in [-0.4, -0.2) is 55.6 Å². The molecule has 2 amide bonds. The zero-order valence-corrected chi connectivity index (χ0v) is 21.1. The van der Waals surface area contributed by atoms with Gasteiger partial charge in [-0.1, -0.05) is 54.8 Å². The summed E-state index contributed by atoms with van der Waals surface area (Å²) in [4.78, 5) is 27.4. The van der Waals surface area contributed by atoms with E-state index in [0.29, 0.717) is 11.6 Å². The van der Waals surface area contributed by atoms with E-state index in [4.69, 9.17) is 11.6 Å². The molecule has 9 heteroatoms. The Morgan fingerprint density at radius 3 is 2.39 bits per heavy atom. The predicted octanol–water partition coefficient (Wildman–Crippen LogP) is 3.60. The predicted molar refractivity (Wildman–Crippen MR) is 130 cm³/mol. The molecule has 1 unspecified atom stereocenters. The number of hydrogen-bond donors (Lipinski definition) is 1. The fourth-order valence-electron chi connectivity index (χ4n) is 3.21. The van der Waals surface area contributed by atoms with Crippen LogP contribution < -0.4 is 5.32 Å². The van der Waals surface area contributed by atoms with Gasteiger partial charge < -0.3 is 10.2 Å². The topological polar surface area (TPSA) is 86.8 Å². The Kier molecular flexibility index (Phi) is 9.88. The zero-order valence-electron chi connectivity index (χ0n) is 19.5. The van der Waals surface area contributed by atoms with Crippen LogP contribution in [0.4, 0.5) is 0 Å². The van der Waals surface area contributed by atoms with Crippen molar-refractivity contribution in [3.8, 4) is 0 Å². The van der Waals surface area contributed by atoms with Crippen LogP contribution in [0.2, 0.25) is 5.02 Å². The van der Waals surface area contributed by atoms with E-state index < -0.39 is 28.5 Å². The Morgan fingerprint density at radius 1 is 1.12 bits per heavy atom. The first kappa shape index (κ1) is 26.8. The molecule has 0 aliphatic heterocycles. The number of hydrogen-bond acceptors (Lipinski definition) is 4. The largest absolute Gasteiger partial charge is 0.354 e. The molecule has 0 aromatic heterocycles. The maximum absolute atomic E-state index is 13.3. The maximum atomic E-state index is 13.3. The minimum absolute atomic E-state index is 0.107. The summed E-state index contributed by atoms with van der Waals surface area (Å²) in [6, 6.07) is 12.7. The molecule has 0 fully saturated rings. The smallest absolute Gasteiger partial charge is 0.243 e. The van der Waals surface area contributed by atoms with Crippen LogP contribution >= 0.6 is 11.6 Å². The Hall–Kier alpha value is -2.42. The molecule has 0 aliphatic carbocycles. The quantitative estimate of drug-likeness (QED) is 0.484. The maximum Gasteiger partial charge on any atom is 0.243 e. The zero-order chi connectivity index (χ0) is 24.6. The number of nitrogens with one attached hydrogen (secondary N) is 1. The molecule has 0 saturated carbocycles. The SMILES string of the molecule is CCCCNC(=O)C(C)N(Cc1cccc(Cl)c1)C(=O)CN(C)S(=O)(=O)c1ccc(C)cc1. The lowest BCUT2D eigenvalue weighted by atomic mass is 10.1. The van der Waals surface area contributed by atoms with Crippen molar-refractivity contribution in [2.24, 2.45) is 0 Å². The number of likely N-dealkylation sites (N-methyl/N-ethyl adjacent to an activating group) is 1. The van der Waals surface area contributed by atoms with E-state index >= 15 is 0 Å². The van der Waals surface area contributed by atoms with Gasteiger partial charge in [-0.3, -0.25) is 9.59 Å². The van der Waals surface area contributed by atoms with Gasteiger partial charge in [0.15, 0.2) is 0 Å². The monoisotopic (exact) mass is 493 g/mol. The molecule has 1 atom stereocenters. The highest BCUT2D eigenvalue weighted by Gasteiger charge is 2.30. The minimum Gasteiger partial charge on any atom is -0.354 e. The highest BCUT2D eigenvalue weighted by Crippen LogP contribution is 2.18. The standard InChI is InChI=1S/C24H32ClN3O4S/c1-5-6-14-26-24(30)19(3)28(16-20-8-7-9-21(25)15-20)23(29)17-27(4)33(31,32)22-12-10-18(2)11-13-22/h7-13,15,19H,5-6,14,16-17H2,1-4H3,(H,26,30). The molecular formula is C24H32ClN3O4S. The molecular weight excluding hydrogens is 462 g/mol. The summed E-state index contributed by atoms with van der Waals surface area (Å²) < 4.78 is 26.9. The van der Waals surface area contributed by atoms with Crippen molar-refractivity contribution in [1.82, 2.24) is 14.5 Å². The summed E-state index contributed by atoms with van der Waals surface area (Å²) >= 11 is 6.09. The normalized spacial score (nSPS) is 12.4. The lowest BCUT2D eigenvalue weighted by Gasteiger charge is -2.30. The highest BCUT2D eigenvalue weighted by molar-refractivity contribution is 7.89. The molecule has 0 radical (unpaired) electrons. The second-order valence-corrected chi connectivity index (χ2v) is 10.5. The Bertz CT molecular complexity index is 1060. The lowest BCUT2D eigenvalue weighted by molar-refractivity contribution is -0.140. The van der Waals surface area contributed by atoms with Crippen molar-refractivity contribution < 1.29 is 18.0 Å². The second-order valence-electron chi connectivity index (χ2n) is 8.05. The molecule has 180 valence electrons. The van der Waals surface area contributed by atoms with E-state index in [1.54, 1.807) is 43.3 Å². The third-order valence-corrected chi connectivity index (χ3v) is 7.38. The van der Waals surface area contributed by atoms with Crippen LogP contribution in [0.3, 0.4) is 0 Å². The summed E-state index contributed by atoms with van der Waals surface area (Å²) in [6.07, 6.45) is 1.76. The van der Waals surface area contributed by atoms with Crippen LogP contribution in [0.15, 0.2) is 53.4 Å². The number of amides is 2. The molecule has 2 aromatic carbocycles. The molecule has 0 aliphatic rings. The summed E-state index contributed by atoms with van der Waals surface area (Å²) in [5, 5.41) is 3.35. The summed E-state index contributed by atoms with van der Waals surface area (Å²) in [5.41, 5.74) is 1.68. The Labute approximate surface area is 201 Å². The van der Waals surface area contributed by atoms with E-state index in [9.17, 15) is 18.0 Å². The van der Waals surface area contributed by atoms with Crippen LogP contribution in [-0.2, 0) is 26.2 Å². The molecule has 0 heterocycles. The van der Waals surface area contributed by atoms with Gasteiger partial charge in [-0.15, -0.1) is 0 Å². The first-order chi connectivity index (χ1) is 15.6. The minimum atomic E-state index is -3.86. The van der Waals surface area contributed by atoms with Gasteiger partial charge in [0.25, 0.3) is 0 Å². The van der Waals surface area contributed by atoms with Gasteiger partial charge in [-0.25, -0.2) is 8.42 Å². The van der Waals surface area contributed by atoms with Gasteiger partial charge in [-0.05, 0) is 50.1 Å². The first-order valence-corrected chi connectivity index (χ1v) is 12.7. The van der Waals surface area contributed by atoms with Gasteiger partial charge in [0.1, 0.15) is 6.04 Å². The van der Waals surface area contributed by atoms with Crippen LogP contribution in [0.25, 0.3) is 0 Å². The van der Waals surface area contributed by atoms with Crippen LogP contribution in [0, 0.1) is 6.92 Å². The average molecular weight is 494 g/mol. The third kappa shape index (κ3) is 7.55. The summed E-state index contributed by atoms with van der Waals surface area (Å²) in [6.45, 7) is 5.77. The number of unbranched alkanes of at least 4 members (excludes halogenated alkanes) is 1. The molecule has 2 aromatic rings. The number of carbonyl (C=O) groups is 2. The van der Waals surface area contributed by atoms with Crippen molar-refractivity contribution in [3.05, 3.63) is 64.7 Å². The molecule has 0 saturated heterocycles. The molecule has 0 spiro atoms. The third-order valence-electron chi connectivity index (χ3n) is 5.33. The van der Waals surface area contributed by atoms with Gasteiger partial charge in [0.2, 0.25) is 21.8 Å². The number of rotatable bonds is 11. The number of halogens is 1. The van der Waals surface area contributed by atoms with E-state index in [0.717, 1.165) is 28.3 Å². The van der Waals surface area contributed by atoms with Crippen molar-refractivity contribution in [2.45, 2.75) is 51.1 Å². The van der Waals surface area contributed by atoms with Crippen molar-refractivity contribution >= 4 is 33.4 Å². The van der Waals surface area contributed by atoms with Crippen LogP contribution in [0.5, 0.6) is 0 Å². The summed E-state index contributed by atoms with van der Waals surface area (Å²) in [7, 11) is -2.51. The van der Waals surface area contributed by atoms with E-state index in [1.165, 1.54) is 24.1 Å². The molecule has 1 N–H and O–H groups in total. The molecule has 7 nitrogen and oxygen atoms in total. The number of carbonyl (C=O) groups excluding carboxylic acids is 2. The van der Waals surface area contributed by atoms with Crippen molar-refractivity contribution in [3.63, 3.8) is 0 Å². The molecule has 0 bridgehead atoms. The molecule has 33 heavy (non-hydrogen) atoms. The average Bonchev–Trinajstić information content (AvgIpc) is 2.77. The Balaban J connectivity index is 2.24. The molecule has 2 rings (SSSR count). The van der Waals surface area contributed by atoms with Crippen molar-refractivity contribution in [1.29, 1.82) is 0 Å². The van der Waals surface area contributed by atoms with E-state index in [2.05, 4.69) is 5.32 Å². The van der Waals surface area contributed by atoms with Gasteiger partial charge in [-0.2, -0.15) is 4.31 Å². The highest BCUT2D eigenvalue weighted by atomic mass is 35.5. The second kappa shape index (κ2) is 12.2. The summed E-state index contributed by atoms with van der Waals surface area (Å²) in [5.74, 6) is -0.769. The number of sulfonamides is 1. The number of aryl methyl sites for hydroxylation is 1. The fourth-order valence-corrected chi connectivity index (χ4v) is 4.54. The Morgan fingerprint density at radius 2 is 1.79 bits per heavy atom. The van der Waals surface area contributed by atoms with Gasteiger partial charge in [0.05, 0.1) is 11.4 Å². The van der Waals surface area contributed by atoms with Crippen LogP contribution in [0.1, 0.15) is 37.8 Å². The number of nitrogens with zero attached hydrogens (tertiary/aromatic N) is 2. The van der Waals surface area contributed by atoms with E-state index in [-0.39, 0.29) is 17.3 Å². The number of benzene rings is 2. The van der Waals surface area contributed by atoms with Gasteiger partial charge >= 0.3 is 0 Å². The fraction of sp³-hybridized carbons (Fsp3) is 0.417.